The third-order valence-electron chi connectivity index (χ3n) is 8.00. The van der Waals surface area contributed by atoms with Crippen LogP contribution in [-0.4, -0.2) is 36.0 Å². The van der Waals surface area contributed by atoms with E-state index in [4.69, 9.17) is 9.47 Å². The minimum absolute atomic E-state index is 0.0101. The quantitative estimate of drug-likeness (QED) is 0.642. The van der Waals surface area contributed by atoms with E-state index in [1.807, 2.05) is 6.92 Å². The Morgan fingerprint density at radius 3 is 2.72 bits per heavy atom. The van der Waals surface area contributed by atoms with Crippen molar-refractivity contribution in [2.75, 3.05) is 11.9 Å². The van der Waals surface area contributed by atoms with Gasteiger partial charge in [-0.3, -0.25) is 10.1 Å². The lowest BCUT2D eigenvalue weighted by Crippen LogP contribution is -2.59. The summed E-state index contributed by atoms with van der Waals surface area (Å²) in [6, 6.07) is 4.35. The highest BCUT2D eigenvalue weighted by Crippen LogP contribution is 2.62. The summed E-state index contributed by atoms with van der Waals surface area (Å²) < 4.78 is 50.0. The Morgan fingerprint density at radius 1 is 1.28 bits per heavy atom. The number of ether oxygens (including phenoxy) is 2. The van der Waals surface area contributed by atoms with Gasteiger partial charge in [0.05, 0.1) is 18.6 Å². The number of carbonyl (C=O) groups is 2. The Hall–Kier alpha value is -2.29. The van der Waals surface area contributed by atoms with Crippen molar-refractivity contribution < 1.29 is 37.3 Å². The van der Waals surface area contributed by atoms with Gasteiger partial charge in [-0.1, -0.05) is 19.9 Å². The number of aliphatic hydroxyl groups is 1. The number of benzene rings is 1. The van der Waals surface area contributed by atoms with E-state index in [1.54, 1.807) is 0 Å². The van der Waals surface area contributed by atoms with Gasteiger partial charge < -0.3 is 14.6 Å². The van der Waals surface area contributed by atoms with Crippen LogP contribution in [0.3, 0.4) is 0 Å². The summed E-state index contributed by atoms with van der Waals surface area (Å²) in [6.45, 7) is 3.81. The Labute approximate surface area is 184 Å². The molecule has 3 fully saturated rings. The molecule has 4 rings (SSSR count). The van der Waals surface area contributed by atoms with Crippen molar-refractivity contribution in [3.8, 4) is 0 Å². The molecular formula is C23H28F3NO5. The molecule has 1 aromatic carbocycles. The number of hydrogen-bond donors (Lipinski definition) is 2. The SMILES string of the molecule is C[C@]1(CO)[C@H]2CC[C@@H]3OC(=O)C[C@H]3[C@]2(C)CC[C@H]1OC(=O)Nc1cccc(C(F)(F)F)c1. The second-order valence-electron chi connectivity index (χ2n) is 9.77. The summed E-state index contributed by atoms with van der Waals surface area (Å²) in [7, 11) is 0. The molecule has 1 heterocycles. The van der Waals surface area contributed by atoms with Crippen molar-refractivity contribution in [3.63, 3.8) is 0 Å². The van der Waals surface area contributed by atoms with E-state index in [-0.39, 0.29) is 41.6 Å². The first-order chi connectivity index (χ1) is 15.0. The summed E-state index contributed by atoms with van der Waals surface area (Å²) in [5.74, 6) is -0.109. The average molecular weight is 455 g/mol. The Balaban J connectivity index is 1.49. The van der Waals surface area contributed by atoms with Gasteiger partial charge in [0.1, 0.15) is 12.2 Å². The van der Waals surface area contributed by atoms with E-state index in [0.717, 1.165) is 18.6 Å². The highest BCUT2D eigenvalue weighted by atomic mass is 19.4. The molecule has 6 atom stereocenters. The number of hydrogen-bond acceptors (Lipinski definition) is 5. The average Bonchev–Trinajstić information content (AvgIpc) is 3.11. The third-order valence-corrected chi connectivity index (χ3v) is 8.00. The lowest BCUT2D eigenvalue weighted by atomic mass is 9.46. The number of alkyl halides is 3. The predicted octanol–water partition coefficient (Wildman–Crippen LogP) is 4.76. The van der Waals surface area contributed by atoms with E-state index in [0.29, 0.717) is 25.7 Å². The first-order valence-electron chi connectivity index (χ1n) is 10.9. The molecule has 2 saturated carbocycles. The zero-order valence-corrected chi connectivity index (χ0v) is 18.1. The van der Waals surface area contributed by atoms with Gasteiger partial charge in [-0.2, -0.15) is 13.2 Å². The van der Waals surface area contributed by atoms with Crippen molar-refractivity contribution >= 4 is 17.7 Å². The van der Waals surface area contributed by atoms with Gasteiger partial charge in [0.2, 0.25) is 0 Å². The second-order valence-corrected chi connectivity index (χ2v) is 9.77. The van der Waals surface area contributed by atoms with E-state index in [9.17, 15) is 27.9 Å². The number of halogens is 3. The molecule has 176 valence electrons. The number of carbonyl (C=O) groups excluding carboxylic acids is 2. The molecule has 32 heavy (non-hydrogen) atoms. The van der Waals surface area contributed by atoms with Crippen LogP contribution in [0.1, 0.15) is 51.5 Å². The fourth-order valence-corrected chi connectivity index (χ4v) is 6.34. The van der Waals surface area contributed by atoms with Crippen LogP contribution in [0.15, 0.2) is 24.3 Å². The number of rotatable bonds is 3. The highest BCUT2D eigenvalue weighted by Gasteiger charge is 2.62. The number of aliphatic hydroxyl groups excluding tert-OH is 1. The van der Waals surface area contributed by atoms with Crippen molar-refractivity contribution in [1.82, 2.24) is 0 Å². The van der Waals surface area contributed by atoms with E-state index in [2.05, 4.69) is 12.2 Å². The number of anilines is 1. The number of esters is 1. The molecule has 2 aliphatic carbocycles. The van der Waals surface area contributed by atoms with Gasteiger partial charge in [-0.05, 0) is 55.2 Å². The van der Waals surface area contributed by atoms with Crippen LogP contribution in [0.4, 0.5) is 23.7 Å². The molecule has 1 aromatic rings. The fourth-order valence-electron chi connectivity index (χ4n) is 6.34. The van der Waals surface area contributed by atoms with Crippen LogP contribution in [0.5, 0.6) is 0 Å². The Bertz CT molecular complexity index is 906. The summed E-state index contributed by atoms with van der Waals surface area (Å²) in [5.41, 5.74) is -1.86. The van der Waals surface area contributed by atoms with Gasteiger partial charge in [0, 0.05) is 17.0 Å². The Kier molecular flexibility index (Phi) is 5.68. The van der Waals surface area contributed by atoms with Gasteiger partial charge in [-0.15, -0.1) is 0 Å². The van der Waals surface area contributed by atoms with Crippen LogP contribution in [0, 0.1) is 22.7 Å². The van der Waals surface area contributed by atoms with E-state index >= 15 is 0 Å². The van der Waals surface area contributed by atoms with Crippen molar-refractivity contribution in [2.45, 2.75) is 64.3 Å². The minimum atomic E-state index is -4.52. The van der Waals surface area contributed by atoms with Crippen molar-refractivity contribution in [3.05, 3.63) is 29.8 Å². The zero-order chi connectivity index (χ0) is 23.3. The fraction of sp³-hybridized carbons (Fsp3) is 0.652. The standard InChI is InChI=1S/C23H28F3NO5/c1-21-9-8-18(32-20(30)27-14-5-3-4-13(10-14)23(24,25)26)22(2,12-28)17(21)7-6-16-15(21)11-19(29)31-16/h3-5,10,15-18,28H,6-9,11-12H2,1-2H3,(H,27,30)/t15-,16+,17+,18-,21+,22+/m1/s1. The summed E-state index contributed by atoms with van der Waals surface area (Å²) in [6.07, 6.45) is -3.10. The van der Waals surface area contributed by atoms with Crippen LogP contribution >= 0.6 is 0 Å². The summed E-state index contributed by atoms with van der Waals surface area (Å²) >= 11 is 0. The molecule has 0 unspecified atom stereocenters. The summed E-state index contributed by atoms with van der Waals surface area (Å²) in [5, 5.41) is 12.7. The van der Waals surface area contributed by atoms with Crippen molar-refractivity contribution in [1.29, 1.82) is 0 Å². The topological polar surface area (TPSA) is 84.9 Å². The maximum atomic E-state index is 12.9. The van der Waals surface area contributed by atoms with Gasteiger partial charge in [0.15, 0.2) is 0 Å². The predicted molar refractivity (Wildman–Crippen MR) is 109 cm³/mol. The van der Waals surface area contributed by atoms with Crippen LogP contribution in [0.25, 0.3) is 0 Å². The molecule has 1 amide bonds. The third kappa shape index (κ3) is 3.84. The van der Waals surface area contributed by atoms with Crippen molar-refractivity contribution in [2.24, 2.45) is 22.7 Å². The molecule has 0 spiro atoms. The maximum Gasteiger partial charge on any atom is 0.416 e. The molecule has 2 N–H and O–H groups in total. The van der Waals surface area contributed by atoms with Gasteiger partial charge in [0.25, 0.3) is 0 Å². The zero-order valence-electron chi connectivity index (χ0n) is 18.1. The first-order valence-corrected chi connectivity index (χ1v) is 10.9. The van der Waals surface area contributed by atoms with E-state index < -0.39 is 29.4 Å². The lowest BCUT2D eigenvalue weighted by Gasteiger charge is -2.59. The normalized spacial score (nSPS) is 36.6. The molecular weight excluding hydrogens is 427 g/mol. The van der Waals surface area contributed by atoms with Crippen LogP contribution < -0.4 is 5.32 Å². The number of fused-ring (bicyclic) bond motifs is 3. The molecule has 0 radical (unpaired) electrons. The largest absolute Gasteiger partial charge is 0.462 e. The molecule has 0 aromatic heterocycles. The molecule has 0 bridgehead atoms. The molecule has 3 aliphatic rings. The minimum Gasteiger partial charge on any atom is -0.462 e. The van der Waals surface area contributed by atoms with Crippen LogP contribution in [-0.2, 0) is 20.4 Å². The monoisotopic (exact) mass is 455 g/mol. The first kappa shape index (κ1) is 22.9. The lowest BCUT2D eigenvalue weighted by molar-refractivity contribution is -0.174. The summed E-state index contributed by atoms with van der Waals surface area (Å²) in [4.78, 5) is 24.5. The van der Waals surface area contributed by atoms with Gasteiger partial charge >= 0.3 is 18.2 Å². The number of nitrogens with one attached hydrogen (secondary N) is 1. The smallest absolute Gasteiger partial charge is 0.416 e. The molecule has 1 saturated heterocycles. The maximum absolute atomic E-state index is 12.9. The second kappa shape index (κ2) is 7.93. The number of amides is 1. The molecule has 6 nitrogen and oxygen atoms in total. The van der Waals surface area contributed by atoms with Crippen LogP contribution in [0.2, 0.25) is 0 Å². The molecule has 9 heteroatoms. The Morgan fingerprint density at radius 2 is 2.03 bits per heavy atom. The van der Waals surface area contributed by atoms with Gasteiger partial charge in [-0.25, -0.2) is 4.79 Å². The highest BCUT2D eigenvalue weighted by molar-refractivity contribution is 5.84. The molecule has 1 aliphatic heterocycles. The van der Waals surface area contributed by atoms with E-state index in [1.165, 1.54) is 12.1 Å².